The second-order valence-corrected chi connectivity index (χ2v) is 6.84. The fourth-order valence-corrected chi connectivity index (χ4v) is 3.40. The monoisotopic (exact) mass is 299 g/mol. The molecular weight excluding hydrogens is 274 g/mol. The first-order valence-electron chi connectivity index (χ1n) is 6.78. The molecule has 0 aliphatic heterocycles. The zero-order chi connectivity index (χ0) is 15.3. The number of hydrazine groups is 1. The number of benzene rings is 1. The molecule has 0 bridgehead atoms. The van der Waals surface area contributed by atoms with Gasteiger partial charge in [-0.15, -0.1) is 4.83 Å². The van der Waals surface area contributed by atoms with Crippen molar-refractivity contribution < 1.29 is 8.42 Å². The van der Waals surface area contributed by atoms with Gasteiger partial charge in [-0.3, -0.25) is 0 Å². The van der Waals surface area contributed by atoms with E-state index in [0.29, 0.717) is 11.4 Å². The van der Waals surface area contributed by atoms with Crippen molar-refractivity contribution in [1.82, 2.24) is 15.2 Å². The van der Waals surface area contributed by atoms with E-state index in [2.05, 4.69) is 17.1 Å². The van der Waals surface area contributed by atoms with E-state index in [1.165, 1.54) is 5.01 Å². The average Bonchev–Trinajstić information content (AvgIpc) is 2.30. The molecule has 0 spiro atoms. The fourth-order valence-electron chi connectivity index (χ4n) is 2.04. The van der Waals surface area contributed by atoms with E-state index in [9.17, 15) is 8.42 Å². The summed E-state index contributed by atoms with van der Waals surface area (Å²) in [5.41, 5.74) is 2.88. The summed E-state index contributed by atoms with van der Waals surface area (Å²) in [7, 11) is -0.197. The van der Waals surface area contributed by atoms with Gasteiger partial charge in [-0.05, 0) is 49.6 Å². The van der Waals surface area contributed by atoms with Crippen molar-refractivity contribution in [2.45, 2.75) is 38.6 Å². The van der Waals surface area contributed by atoms with Gasteiger partial charge in [-0.25, -0.2) is 13.4 Å². The molecule has 0 atom stereocenters. The highest BCUT2D eigenvalue weighted by atomic mass is 32.2. The molecule has 1 aromatic carbocycles. The van der Waals surface area contributed by atoms with Crippen molar-refractivity contribution >= 4 is 10.0 Å². The van der Waals surface area contributed by atoms with Crippen LogP contribution >= 0.6 is 0 Å². The van der Waals surface area contributed by atoms with Crippen LogP contribution in [0.1, 0.15) is 30.0 Å². The third kappa shape index (κ3) is 4.56. The minimum Gasteiger partial charge on any atom is -0.313 e. The molecule has 0 saturated heterocycles. The molecular formula is C14H25N3O2S. The van der Waals surface area contributed by atoms with E-state index in [1.54, 1.807) is 20.2 Å². The minimum absolute atomic E-state index is 0.338. The highest BCUT2D eigenvalue weighted by Crippen LogP contribution is 2.20. The summed E-state index contributed by atoms with van der Waals surface area (Å²) in [6.07, 6.45) is 1.05. The van der Waals surface area contributed by atoms with Gasteiger partial charge in [0.2, 0.25) is 0 Å². The molecule has 1 aromatic rings. The van der Waals surface area contributed by atoms with Gasteiger partial charge in [0.1, 0.15) is 0 Å². The minimum atomic E-state index is -3.51. The molecule has 6 heteroatoms. The molecule has 0 heterocycles. The van der Waals surface area contributed by atoms with Gasteiger partial charge in [-0.1, -0.05) is 13.0 Å². The summed E-state index contributed by atoms with van der Waals surface area (Å²) in [5.74, 6) is 0. The summed E-state index contributed by atoms with van der Waals surface area (Å²) in [5, 5.41) is 4.74. The molecule has 0 aliphatic carbocycles. The van der Waals surface area contributed by atoms with Crippen molar-refractivity contribution in [3.05, 3.63) is 28.8 Å². The number of rotatable bonds is 7. The summed E-state index contributed by atoms with van der Waals surface area (Å²) in [4.78, 5) is 2.81. The first-order chi connectivity index (χ1) is 9.27. The van der Waals surface area contributed by atoms with Crippen molar-refractivity contribution in [3.63, 3.8) is 0 Å². The Labute approximate surface area is 122 Å². The SMILES string of the molecule is CCCNCc1cc(S(=O)(=O)NN(C)C)c(C)cc1C. The maximum atomic E-state index is 12.3. The number of hydrogen-bond donors (Lipinski definition) is 2. The lowest BCUT2D eigenvalue weighted by molar-refractivity contribution is 0.364. The molecule has 0 aromatic heterocycles. The van der Waals surface area contributed by atoms with Crippen molar-refractivity contribution in [3.8, 4) is 0 Å². The quantitative estimate of drug-likeness (QED) is 0.592. The first kappa shape index (κ1) is 17.1. The van der Waals surface area contributed by atoms with Crippen LogP contribution in [0.2, 0.25) is 0 Å². The summed E-state index contributed by atoms with van der Waals surface area (Å²) >= 11 is 0. The summed E-state index contributed by atoms with van der Waals surface area (Å²) in [6, 6.07) is 3.69. The zero-order valence-electron chi connectivity index (χ0n) is 12.9. The fraction of sp³-hybridized carbons (Fsp3) is 0.571. The van der Waals surface area contributed by atoms with Crippen LogP contribution in [0.3, 0.4) is 0 Å². The summed E-state index contributed by atoms with van der Waals surface area (Å²) < 4.78 is 24.6. The third-order valence-corrected chi connectivity index (χ3v) is 4.59. The van der Waals surface area contributed by atoms with Crippen LogP contribution in [0.4, 0.5) is 0 Å². The highest BCUT2D eigenvalue weighted by molar-refractivity contribution is 7.89. The van der Waals surface area contributed by atoms with Crippen molar-refractivity contribution in [1.29, 1.82) is 0 Å². The Morgan fingerprint density at radius 2 is 1.80 bits per heavy atom. The molecule has 0 saturated carbocycles. The molecule has 20 heavy (non-hydrogen) atoms. The number of nitrogens with zero attached hydrogens (tertiary/aromatic N) is 1. The van der Waals surface area contributed by atoms with Crippen LogP contribution in [0.15, 0.2) is 17.0 Å². The third-order valence-electron chi connectivity index (χ3n) is 2.97. The van der Waals surface area contributed by atoms with E-state index in [1.807, 2.05) is 19.9 Å². The summed E-state index contributed by atoms with van der Waals surface area (Å²) in [6.45, 7) is 7.54. The van der Waals surface area contributed by atoms with E-state index in [4.69, 9.17) is 0 Å². The lowest BCUT2D eigenvalue weighted by atomic mass is 10.1. The van der Waals surface area contributed by atoms with Gasteiger partial charge < -0.3 is 5.32 Å². The Hall–Kier alpha value is -0.950. The van der Waals surface area contributed by atoms with Gasteiger partial charge in [-0.2, -0.15) is 0 Å². The largest absolute Gasteiger partial charge is 0.313 e. The molecule has 0 amide bonds. The average molecular weight is 299 g/mol. The van der Waals surface area contributed by atoms with Gasteiger partial charge >= 0.3 is 0 Å². The standard InChI is InChI=1S/C14H25N3O2S/c1-6-7-15-10-13-9-14(12(3)8-11(13)2)20(18,19)16-17(4)5/h8-9,15-16H,6-7,10H2,1-5H3. The Balaban J connectivity index is 3.11. The number of nitrogens with one attached hydrogen (secondary N) is 2. The zero-order valence-corrected chi connectivity index (χ0v) is 13.8. The van der Waals surface area contributed by atoms with E-state index < -0.39 is 10.0 Å². The number of sulfonamides is 1. The lowest BCUT2D eigenvalue weighted by Gasteiger charge is -2.16. The molecule has 0 unspecified atom stereocenters. The number of aryl methyl sites for hydroxylation is 2. The van der Waals surface area contributed by atoms with Crippen LogP contribution in [0, 0.1) is 13.8 Å². The second kappa shape index (κ2) is 7.17. The van der Waals surface area contributed by atoms with Gasteiger partial charge in [0, 0.05) is 20.6 Å². The molecule has 0 fully saturated rings. The van der Waals surface area contributed by atoms with Gasteiger partial charge in [0.25, 0.3) is 10.0 Å². The normalized spacial score (nSPS) is 12.1. The highest BCUT2D eigenvalue weighted by Gasteiger charge is 2.19. The number of hydrogen-bond acceptors (Lipinski definition) is 4. The van der Waals surface area contributed by atoms with Crippen molar-refractivity contribution in [2.24, 2.45) is 0 Å². The predicted octanol–water partition coefficient (Wildman–Crippen LogP) is 1.56. The topological polar surface area (TPSA) is 61.4 Å². The van der Waals surface area contributed by atoms with Crippen LogP contribution < -0.4 is 10.1 Å². The van der Waals surface area contributed by atoms with Crippen LogP contribution in [0.5, 0.6) is 0 Å². The lowest BCUT2D eigenvalue weighted by Crippen LogP contribution is -2.36. The van der Waals surface area contributed by atoms with Crippen LogP contribution in [0.25, 0.3) is 0 Å². The molecule has 0 radical (unpaired) electrons. The molecule has 114 valence electrons. The molecule has 0 aliphatic rings. The van der Waals surface area contributed by atoms with Crippen LogP contribution in [-0.4, -0.2) is 34.1 Å². The maximum Gasteiger partial charge on any atom is 0.253 e. The first-order valence-corrected chi connectivity index (χ1v) is 8.27. The molecule has 1 rings (SSSR count). The molecule has 2 N–H and O–H groups in total. The van der Waals surface area contributed by atoms with Crippen molar-refractivity contribution in [2.75, 3.05) is 20.6 Å². The predicted molar refractivity (Wildman–Crippen MR) is 81.9 cm³/mol. The Morgan fingerprint density at radius 1 is 1.15 bits per heavy atom. The second-order valence-electron chi connectivity index (χ2n) is 5.21. The Kier molecular flexibility index (Phi) is 6.13. The van der Waals surface area contributed by atoms with E-state index in [0.717, 1.165) is 29.7 Å². The van der Waals surface area contributed by atoms with E-state index >= 15 is 0 Å². The van der Waals surface area contributed by atoms with E-state index in [-0.39, 0.29) is 0 Å². The maximum absolute atomic E-state index is 12.3. The smallest absolute Gasteiger partial charge is 0.253 e. The van der Waals surface area contributed by atoms with Gasteiger partial charge in [0.15, 0.2) is 0 Å². The van der Waals surface area contributed by atoms with Gasteiger partial charge in [0.05, 0.1) is 4.90 Å². The Morgan fingerprint density at radius 3 is 2.35 bits per heavy atom. The van der Waals surface area contributed by atoms with Crippen LogP contribution in [-0.2, 0) is 16.6 Å². The molecule has 5 nitrogen and oxygen atoms in total. The Bertz CT molecular complexity index is 554.